The molecule has 0 amide bonds. The molecule has 5 nitrogen and oxygen atoms in total. The molecule has 0 unspecified atom stereocenters. The number of nitrogens with zero attached hydrogens (tertiary/aromatic N) is 2. The maximum absolute atomic E-state index is 12.5. The lowest BCUT2D eigenvalue weighted by atomic mass is 10.3. The Morgan fingerprint density at radius 3 is 2.52 bits per heavy atom. The number of hydrogen-bond acceptors (Lipinski definition) is 4. The minimum absolute atomic E-state index is 0. The first-order chi connectivity index (χ1) is 12.5. The van der Waals surface area contributed by atoms with Crippen molar-refractivity contribution in [3.63, 3.8) is 0 Å². The minimum Gasteiger partial charge on any atom is -0.494 e. The topological polar surface area (TPSA) is 58.5 Å². The lowest BCUT2D eigenvalue weighted by Gasteiger charge is -2.11. The number of guanidine groups is 1. The Balaban J connectivity index is 0.00000364. The van der Waals surface area contributed by atoms with E-state index in [1.165, 1.54) is 0 Å². The van der Waals surface area contributed by atoms with E-state index in [0.29, 0.717) is 37.1 Å². The number of rotatable bonds is 8. The summed E-state index contributed by atoms with van der Waals surface area (Å²) in [4.78, 5) is 7.67. The van der Waals surface area contributed by atoms with E-state index in [1.807, 2.05) is 30.3 Å². The van der Waals surface area contributed by atoms with Crippen molar-refractivity contribution in [1.29, 1.82) is 0 Å². The number of alkyl halides is 3. The predicted octanol–water partition coefficient (Wildman–Crippen LogP) is 3.96. The van der Waals surface area contributed by atoms with E-state index in [-0.39, 0.29) is 24.0 Å². The lowest BCUT2D eigenvalue weighted by Crippen LogP contribution is -2.39. The summed E-state index contributed by atoms with van der Waals surface area (Å²) in [6.45, 7) is 1.69. The number of para-hydroxylation sites is 1. The zero-order valence-electron chi connectivity index (χ0n) is 14.8. The summed E-state index contributed by atoms with van der Waals surface area (Å²) in [5.74, 6) is 1.42. The molecule has 0 atom stereocenters. The van der Waals surface area contributed by atoms with Crippen molar-refractivity contribution in [1.82, 2.24) is 15.6 Å². The maximum atomic E-state index is 12.5. The first-order valence-electron chi connectivity index (χ1n) is 8.13. The number of aromatic nitrogens is 1. The van der Waals surface area contributed by atoms with Gasteiger partial charge in [-0.05, 0) is 18.6 Å². The number of thiazole rings is 1. The second-order valence-electron chi connectivity index (χ2n) is 5.32. The summed E-state index contributed by atoms with van der Waals surface area (Å²) in [6.07, 6.45) is -3.20. The van der Waals surface area contributed by atoms with Crippen molar-refractivity contribution in [2.24, 2.45) is 4.99 Å². The third-order valence-corrected chi connectivity index (χ3v) is 4.23. The van der Waals surface area contributed by atoms with Crippen LogP contribution >= 0.6 is 35.3 Å². The first kappa shape index (κ1) is 23.5. The van der Waals surface area contributed by atoms with Crippen LogP contribution in [0.5, 0.6) is 5.75 Å². The Kier molecular flexibility index (Phi) is 10.4. The third-order valence-electron chi connectivity index (χ3n) is 3.32. The molecular formula is C17H22F3IN4OS. The van der Waals surface area contributed by atoms with Crippen LogP contribution in [0.1, 0.15) is 17.1 Å². The maximum Gasteiger partial charge on any atom is 0.434 e. The molecule has 0 saturated heterocycles. The monoisotopic (exact) mass is 514 g/mol. The minimum atomic E-state index is -4.39. The molecule has 0 radical (unpaired) electrons. The number of ether oxygens (including phenoxy) is 1. The van der Waals surface area contributed by atoms with Gasteiger partial charge in [0, 0.05) is 31.9 Å². The fourth-order valence-electron chi connectivity index (χ4n) is 2.05. The van der Waals surface area contributed by atoms with Crippen LogP contribution in [-0.4, -0.2) is 37.7 Å². The molecule has 0 spiro atoms. The zero-order chi connectivity index (χ0) is 18.8. The molecule has 0 fully saturated rings. The highest BCUT2D eigenvalue weighted by atomic mass is 127. The molecule has 0 aliphatic carbocycles. The molecule has 0 aliphatic heterocycles. The van der Waals surface area contributed by atoms with Crippen molar-refractivity contribution < 1.29 is 17.9 Å². The highest BCUT2D eigenvalue weighted by Gasteiger charge is 2.33. The van der Waals surface area contributed by atoms with Crippen LogP contribution in [-0.2, 0) is 12.6 Å². The van der Waals surface area contributed by atoms with Crippen molar-refractivity contribution >= 4 is 41.3 Å². The van der Waals surface area contributed by atoms with Crippen LogP contribution in [0.2, 0.25) is 0 Å². The van der Waals surface area contributed by atoms with E-state index >= 15 is 0 Å². The molecule has 10 heteroatoms. The van der Waals surface area contributed by atoms with Gasteiger partial charge >= 0.3 is 6.18 Å². The SMILES string of the molecule is CN=C(NCCCOc1ccccc1)NCCc1nc(C(F)(F)F)cs1.I. The summed E-state index contributed by atoms with van der Waals surface area (Å²) < 4.78 is 43.1. The van der Waals surface area contributed by atoms with Gasteiger partial charge in [-0.3, -0.25) is 4.99 Å². The Morgan fingerprint density at radius 1 is 1.19 bits per heavy atom. The van der Waals surface area contributed by atoms with Gasteiger partial charge in [0.2, 0.25) is 0 Å². The molecule has 2 rings (SSSR count). The third kappa shape index (κ3) is 8.78. The van der Waals surface area contributed by atoms with E-state index in [4.69, 9.17) is 4.74 Å². The molecule has 1 heterocycles. The van der Waals surface area contributed by atoms with Crippen molar-refractivity contribution in [3.05, 3.63) is 46.4 Å². The Morgan fingerprint density at radius 2 is 1.89 bits per heavy atom. The van der Waals surface area contributed by atoms with Gasteiger partial charge in [-0.1, -0.05) is 18.2 Å². The summed E-state index contributed by atoms with van der Waals surface area (Å²) in [7, 11) is 1.64. The van der Waals surface area contributed by atoms with E-state index < -0.39 is 11.9 Å². The van der Waals surface area contributed by atoms with Gasteiger partial charge < -0.3 is 15.4 Å². The molecule has 1 aromatic heterocycles. The fraction of sp³-hybridized carbons (Fsp3) is 0.412. The van der Waals surface area contributed by atoms with Crippen LogP contribution in [0.25, 0.3) is 0 Å². The van der Waals surface area contributed by atoms with E-state index in [2.05, 4.69) is 20.6 Å². The second-order valence-corrected chi connectivity index (χ2v) is 6.26. The first-order valence-corrected chi connectivity index (χ1v) is 9.01. The van der Waals surface area contributed by atoms with E-state index in [1.54, 1.807) is 7.05 Å². The normalized spacial score (nSPS) is 11.6. The highest BCUT2D eigenvalue weighted by Crippen LogP contribution is 2.29. The van der Waals surface area contributed by atoms with Gasteiger partial charge in [0.25, 0.3) is 0 Å². The number of benzene rings is 1. The molecule has 1 aromatic carbocycles. The lowest BCUT2D eigenvalue weighted by molar-refractivity contribution is -0.140. The molecular weight excluding hydrogens is 492 g/mol. The highest BCUT2D eigenvalue weighted by molar-refractivity contribution is 14.0. The molecule has 2 N–H and O–H groups in total. The van der Waals surface area contributed by atoms with Crippen LogP contribution in [0, 0.1) is 0 Å². The Labute approximate surface area is 177 Å². The molecule has 27 heavy (non-hydrogen) atoms. The molecule has 0 bridgehead atoms. The van der Waals surface area contributed by atoms with Crippen molar-refractivity contribution in [3.8, 4) is 5.75 Å². The van der Waals surface area contributed by atoms with Gasteiger partial charge in [-0.15, -0.1) is 35.3 Å². The quantitative estimate of drug-likeness (QED) is 0.243. The Hall–Kier alpha value is -1.56. The zero-order valence-corrected chi connectivity index (χ0v) is 17.9. The van der Waals surface area contributed by atoms with Crippen LogP contribution in [0.15, 0.2) is 40.7 Å². The predicted molar refractivity (Wildman–Crippen MR) is 112 cm³/mol. The van der Waals surface area contributed by atoms with E-state index in [0.717, 1.165) is 28.9 Å². The molecule has 0 aliphatic rings. The standard InChI is InChI=1S/C17H21F3N4OS.HI/c1-21-16(22-9-5-11-25-13-6-3-2-4-7-13)23-10-8-15-24-14(12-26-15)17(18,19)20;/h2-4,6-7,12H,5,8-11H2,1H3,(H2,21,22,23);1H. The average molecular weight is 514 g/mol. The number of hydrogen-bond donors (Lipinski definition) is 2. The van der Waals surface area contributed by atoms with Gasteiger partial charge in [0.1, 0.15) is 5.75 Å². The van der Waals surface area contributed by atoms with Crippen LogP contribution in [0.3, 0.4) is 0 Å². The summed E-state index contributed by atoms with van der Waals surface area (Å²) in [6, 6.07) is 9.56. The average Bonchev–Trinajstić information content (AvgIpc) is 3.10. The molecule has 150 valence electrons. The summed E-state index contributed by atoms with van der Waals surface area (Å²) >= 11 is 1.01. The largest absolute Gasteiger partial charge is 0.494 e. The van der Waals surface area contributed by atoms with Crippen molar-refractivity contribution in [2.75, 3.05) is 26.7 Å². The number of halogens is 4. The van der Waals surface area contributed by atoms with Crippen LogP contribution in [0.4, 0.5) is 13.2 Å². The second kappa shape index (κ2) is 12.0. The van der Waals surface area contributed by atoms with Crippen LogP contribution < -0.4 is 15.4 Å². The van der Waals surface area contributed by atoms with E-state index in [9.17, 15) is 13.2 Å². The Bertz CT molecular complexity index is 695. The van der Waals surface area contributed by atoms with Gasteiger partial charge in [-0.2, -0.15) is 13.2 Å². The molecule has 0 saturated carbocycles. The smallest absolute Gasteiger partial charge is 0.434 e. The molecule has 2 aromatic rings. The number of nitrogens with one attached hydrogen (secondary N) is 2. The number of aliphatic imine (C=N–C) groups is 1. The van der Waals surface area contributed by atoms with Gasteiger partial charge in [0.15, 0.2) is 11.7 Å². The van der Waals surface area contributed by atoms with Gasteiger partial charge in [-0.25, -0.2) is 4.98 Å². The van der Waals surface area contributed by atoms with Gasteiger partial charge in [0.05, 0.1) is 11.6 Å². The van der Waals surface area contributed by atoms with Crippen molar-refractivity contribution in [2.45, 2.75) is 19.0 Å². The fourth-order valence-corrected chi connectivity index (χ4v) is 2.86. The summed E-state index contributed by atoms with van der Waals surface area (Å²) in [5, 5.41) is 7.67. The summed E-state index contributed by atoms with van der Waals surface area (Å²) in [5.41, 5.74) is -0.835.